The zero-order valence-electron chi connectivity index (χ0n) is 14.2. The van der Waals surface area contributed by atoms with Crippen LogP contribution in [-0.2, 0) is 6.54 Å². The quantitative estimate of drug-likeness (QED) is 0.865. The van der Waals surface area contributed by atoms with E-state index in [-0.39, 0.29) is 0 Å². The van der Waals surface area contributed by atoms with Crippen LogP contribution in [-0.4, -0.2) is 55.4 Å². The molecule has 0 bridgehead atoms. The minimum absolute atomic E-state index is 0.895. The zero-order chi connectivity index (χ0) is 16.2. The number of aryl methyl sites for hydroxylation is 1. The molecule has 2 heterocycles. The van der Waals surface area contributed by atoms with Gasteiger partial charge in [-0.05, 0) is 24.6 Å². The Morgan fingerprint density at radius 1 is 1.00 bits per heavy atom. The van der Waals surface area contributed by atoms with Crippen molar-refractivity contribution in [3.05, 3.63) is 47.5 Å². The van der Waals surface area contributed by atoms with Crippen molar-refractivity contribution in [3.8, 4) is 0 Å². The molecule has 1 fully saturated rings. The van der Waals surface area contributed by atoms with E-state index in [1.54, 1.807) is 0 Å². The molecule has 0 unspecified atom stereocenters. The van der Waals surface area contributed by atoms with Gasteiger partial charge in [0.15, 0.2) is 11.6 Å². The largest absolute Gasteiger partial charge is 0.361 e. The smallest absolute Gasteiger partial charge is 0.151 e. The van der Waals surface area contributed by atoms with E-state index < -0.39 is 0 Å². The lowest BCUT2D eigenvalue weighted by Gasteiger charge is -2.35. The molecule has 0 atom stereocenters. The van der Waals surface area contributed by atoms with Gasteiger partial charge in [0, 0.05) is 46.8 Å². The fourth-order valence-electron chi connectivity index (χ4n) is 2.93. The van der Waals surface area contributed by atoms with Crippen LogP contribution in [0.5, 0.6) is 0 Å². The van der Waals surface area contributed by atoms with Crippen molar-refractivity contribution in [2.45, 2.75) is 13.5 Å². The highest BCUT2D eigenvalue weighted by Gasteiger charge is 2.18. The van der Waals surface area contributed by atoms with Gasteiger partial charge in [0.25, 0.3) is 0 Å². The molecule has 0 N–H and O–H groups in total. The number of rotatable bonds is 4. The predicted octanol–water partition coefficient (Wildman–Crippen LogP) is 2.17. The summed E-state index contributed by atoms with van der Waals surface area (Å²) >= 11 is 0. The van der Waals surface area contributed by atoms with Crippen LogP contribution in [0.4, 0.5) is 11.6 Å². The molecule has 0 spiro atoms. The van der Waals surface area contributed by atoms with Gasteiger partial charge in [-0.2, -0.15) is 0 Å². The summed E-state index contributed by atoms with van der Waals surface area (Å²) in [5, 5.41) is 8.63. The van der Waals surface area contributed by atoms with Crippen LogP contribution in [0, 0.1) is 6.92 Å². The average Bonchev–Trinajstić information content (AvgIpc) is 2.56. The van der Waals surface area contributed by atoms with Crippen LogP contribution in [0.15, 0.2) is 36.4 Å². The van der Waals surface area contributed by atoms with Gasteiger partial charge in [-0.15, -0.1) is 10.2 Å². The summed E-state index contributed by atoms with van der Waals surface area (Å²) in [6.45, 7) is 7.30. The minimum Gasteiger partial charge on any atom is -0.361 e. The standard InChI is InChI=1S/C18H25N5/c1-15-5-4-6-16(13-15)14-22-9-11-23(12-10-22)18-8-7-17(19-20-18)21(2)3/h4-8,13H,9-12,14H2,1-3H3. The van der Waals surface area contributed by atoms with Crippen LogP contribution in [0.1, 0.15) is 11.1 Å². The minimum atomic E-state index is 0.895. The monoisotopic (exact) mass is 311 g/mol. The van der Waals surface area contributed by atoms with Crippen molar-refractivity contribution in [2.24, 2.45) is 0 Å². The van der Waals surface area contributed by atoms with Gasteiger partial charge in [-0.25, -0.2) is 0 Å². The van der Waals surface area contributed by atoms with E-state index in [1.165, 1.54) is 11.1 Å². The third kappa shape index (κ3) is 3.99. The lowest BCUT2D eigenvalue weighted by atomic mass is 10.1. The number of benzene rings is 1. The maximum absolute atomic E-state index is 4.36. The molecule has 23 heavy (non-hydrogen) atoms. The maximum atomic E-state index is 4.36. The first-order valence-electron chi connectivity index (χ1n) is 8.16. The molecule has 2 aromatic rings. The molecule has 0 amide bonds. The Kier molecular flexibility index (Phi) is 4.76. The number of nitrogens with zero attached hydrogens (tertiary/aromatic N) is 5. The average molecular weight is 311 g/mol. The number of aromatic nitrogens is 2. The molecule has 3 rings (SSSR count). The van der Waals surface area contributed by atoms with Crippen LogP contribution in [0.2, 0.25) is 0 Å². The SMILES string of the molecule is Cc1cccc(CN2CCN(c3ccc(N(C)C)nn3)CC2)c1. The molecule has 1 aromatic carbocycles. The van der Waals surface area contributed by atoms with Gasteiger partial charge < -0.3 is 9.80 Å². The number of piperazine rings is 1. The van der Waals surface area contributed by atoms with Crippen LogP contribution in [0.25, 0.3) is 0 Å². The molecular weight excluding hydrogens is 286 g/mol. The van der Waals surface area contributed by atoms with Gasteiger partial charge in [-0.1, -0.05) is 29.8 Å². The molecule has 1 saturated heterocycles. The summed E-state index contributed by atoms with van der Waals surface area (Å²) in [7, 11) is 3.96. The third-order valence-electron chi connectivity index (χ3n) is 4.28. The van der Waals surface area contributed by atoms with E-state index in [9.17, 15) is 0 Å². The molecule has 0 aliphatic carbocycles. The summed E-state index contributed by atoms with van der Waals surface area (Å²) in [5.41, 5.74) is 2.73. The highest BCUT2D eigenvalue weighted by molar-refractivity contribution is 5.44. The molecule has 1 aliphatic heterocycles. The van der Waals surface area contributed by atoms with Gasteiger partial charge in [0.2, 0.25) is 0 Å². The lowest BCUT2D eigenvalue weighted by molar-refractivity contribution is 0.249. The Balaban J connectivity index is 1.55. The zero-order valence-corrected chi connectivity index (χ0v) is 14.2. The van der Waals surface area contributed by atoms with E-state index >= 15 is 0 Å². The second-order valence-electron chi connectivity index (χ2n) is 6.40. The molecule has 1 aliphatic rings. The Labute approximate surface area is 138 Å². The van der Waals surface area contributed by atoms with E-state index in [1.807, 2.05) is 25.1 Å². The molecule has 1 aromatic heterocycles. The summed E-state index contributed by atoms with van der Waals surface area (Å²) in [4.78, 5) is 6.79. The predicted molar refractivity (Wildman–Crippen MR) is 95.0 cm³/mol. The van der Waals surface area contributed by atoms with Crippen molar-refractivity contribution in [3.63, 3.8) is 0 Å². The van der Waals surface area contributed by atoms with Crippen molar-refractivity contribution < 1.29 is 0 Å². The Bertz CT molecular complexity index is 630. The summed E-state index contributed by atoms with van der Waals surface area (Å²) < 4.78 is 0. The Hall–Kier alpha value is -2.14. The molecule has 0 saturated carbocycles. The molecule has 5 nitrogen and oxygen atoms in total. The first-order chi connectivity index (χ1) is 11.1. The van der Waals surface area contributed by atoms with Crippen LogP contribution >= 0.6 is 0 Å². The number of anilines is 2. The van der Waals surface area contributed by atoms with Crippen molar-refractivity contribution >= 4 is 11.6 Å². The van der Waals surface area contributed by atoms with Gasteiger partial charge >= 0.3 is 0 Å². The van der Waals surface area contributed by atoms with Gasteiger partial charge in [0.1, 0.15) is 0 Å². The van der Waals surface area contributed by atoms with Crippen molar-refractivity contribution in [1.82, 2.24) is 15.1 Å². The Morgan fingerprint density at radius 3 is 2.39 bits per heavy atom. The second kappa shape index (κ2) is 6.96. The van der Waals surface area contributed by atoms with Crippen molar-refractivity contribution in [2.75, 3.05) is 50.1 Å². The van der Waals surface area contributed by atoms with E-state index in [4.69, 9.17) is 0 Å². The summed E-state index contributed by atoms with van der Waals surface area (Å²) in [6, 6.07) is 12.9. The summed E-state index contributed by atoms with van der Waals surface area (Å²) in [6.07, 6.45) is 0. The van der Waals surface area contributed by atoms with Gasteiger partial charge in [-0.3, -0.25) is 4.90 Å². The fourth-order valence-corrected chi connectivity index (χ4v) is 2.93. The molecule has 122 valence electrons. The lowest BCUT2D eigenvalue weighted by Crippen LogP contribution is -2.46. The second-order valence-corrected chi connectivity index (χ2v) is 6.40. The highest BCUT2D eigenvalue weighted by Crippen LogP contribution is 2.16. The molecular formula is C18H25N5. The molecule has 5 heteroatoms. The number of hydrogen-bond donors (Lipinski definition) is 0. The van der Waals surface area contributed by atoms with Crippen LogP contribution in [0.3, 0.4) is 0 Å². The Morgan fingerprint density at radius 2 is 1.78 bits per heavy atom. The van der Waals surface area contributed by atoms with E-state index in [2.05, 4.69) is 57.3 Å². The normalized spacial score (nSPS) is 15.7. The first-order valence-corrected chi connectivity index (χ1v) is 8.16. The van der Waals surface area contributed by atoms with Crippen molar-refractivity contribution in [1.29, 1.82) is 0 Å². The fraction of sp³-hybridized carbons (Fsp3) is 0.444. The topological polar surface area (TPSA) is 35.5 Å². The van der Waals surface area contributed by atoms with Crippen LogP contribution < -0.4 is 9.80 Å². The van der Waals surface area contributed by atoms with E-state index in [0.717, 1.165) is 44.4 Å². The maximum Gasteiger partial charge on any atom is 0.151 e. The molecule has 0 radical (unpaired) electrons. The van der Waals surface area contributed by atoms with Gasteiger partial charge in [0.05, 0.1) is 0 Å². The summed E-state index contributed by atoms with van der Waals surface area (Å²) in [5.74, 6) is 1.87. The third-order valence-corrected chi connectivity index (χ3v) is 4.28. The highest BCUT2D eigenvalue weighted by atomic mass is 15.3. The van der Waals surface area contributed by atoms with E-state index in [0.29, 0.717) is 0 Å². The first kappa shape index (κ1) is 15.7. The number of hydrogen-bond acceptors (Lipinski definition) is 5.